The van der Waals surface area contributed by atoms with Gasteiger partial charge in [0.25, 0.3) is 0 Å². The van der Waals surface area contributed by atoms with Crippen LogP contribution in [0, 0.1) is 0 Å². The summed E-state index contributed by atoms with van der Waals surface area (Å²) in [5.74, 6) is 0.174. The van der Waals surface area contributed by atoms with Crippen LogP contribution in [-0.2, 0) is 9.59 Å². The zero-order valence-electron chi connectivity index (χ0n) is 13.9. The zero-order valence-corrected chi connectivity index (χ0v) is 14.8. The molecule has 3 rings (SSSR count). The minimum absolute atomic E-state index is 0.0868. The number of carbonyl (C=O) groups is 2. The summed E-state index contributed by atoms with van der Waals surface area (Å²) in [5, 5.41) is 6.07. The molecule has 0 saturated heterocycles. The predicted molar refractivity (Wildman–Crippen MR) is 101 cm³/mol. The van der Waals surface area contributed by atoms with Crippen LogP contribution in [0.2, 0.25) is 0 Å². The molecule has 2 aromatic heterocycles. The van der Waals surface area contributed by atoms with Crippen molar-refractivity contribution in [3.63, 3.8) is 0 Å². The number of aromatic nitrogens is 4. The molecule has 0 radical (unpaired) electrons. The highest BCUT2D eigenvalue weighted by molar-refractivity contribution is 7.99. The van der Waals surface area contributed by atoms with E-state index in [1.807, 2.05) is 0 Å². The van der Waals surface area contributed by atoms with E-state index in [4.69, 9.17) is 5.73 Å². The fourth-order valence-electron chi connectivity index (χ4n) is 2.15. The minimum Gasteiger partial charge on any atom is -0.382 e. The molecule has 134 valence electrons. The van der Waals surface area contributed by atoms with Crippen LogP contribution in [0.5, 0.6) is 0 Å². The van der Waals surface area contributed by atoms with Crippen LogP contribution in [0.15, 0.2) is 35.7 Å². The van der Waals surface area contributed by atoms with Gasteiger partial charge in [-0.15, -0.1) is 0 Å². The second-order valence-electron chi connectivity index (χ2n) is 5.32. The van der Waals surface area contributed by atoms with Crippen LogP contribution in [0.1, 0.15) is 13.3 Å². The summed E-state index contributed by atoms with van der Waals surface area (Å²) in [6.07, 6.45) is 1.73. The highest BCUT2D eigenvalue weighted by Gasteiger charge is 2.10. The number of aromatic amines is 1. The third-order valence-corrected chi connectivity index (χ3v) is 4.26. The van der Waals surface area contributed by atoms with Gasteiger partial charge in [0.15, 0.2) is 16.6 Å². The number of H-pyrrole nitrogens is 1. The van der Waals surface area contributed by atoms with Crippen LogP contribution < -0.4 is 16.4 Å². The van der Waals surface area contributed by atoms with Crippen LogP contribution >= 0.6 is 11.8 Å². The average Bonchev–Trinajstić information content (AvgIpc) is 3.05. The van der Waals surface area contributed by atoms with Crippen molar-refractivity contribution in [1.29, 1.82) is 0 Å². The summed E-state index contributed by atoms with van der Waals surface area (Å²) in [7, 11) is 0. The Hall–Kier alpha value is -3.14. The second-order valence-corrected chi connectivity index (χ2v) is 6.28. The predicted octanol–water partition coefficient (Wildman–Crippen LogP) is 2.01. The molecular weight excluding hydrogens is 354 g/mol. The Bertz CT molecular complexity index is 957. The number of nitrogen functional groups attached to an aromatic ring is 1. The SMILES string of the molecule is CCC(=O)Nc1cccc(NC(=O)CSc2nc3ncnc(N)c3[nH]2)c1. The van der Waals surface area contributed by atoms with Crippen molar-refractivity contribution in [3.05, 3.63) is 30.6 Å². The third kappa shape index (κ3) is 4.28. The molecular formula is C16H17N7O2S. The van der Waals surface area contributed by atoms with E-state index in [0.717, 1.165) is 0 Å². The first-order valence-electron chi connectivity index (χ1n) is 7.84. The maximum Gasteiger partial charge on any atom is 0.234 e. The van der Waals surface area contributed by atoms with E-state index >= 15 is 0 Å². The molecule has 0 aliphatic heterocycles. The first-order chi connectivity index (χ1) is 12.5. The quantitative estimate of drug-likeness (QED) is 0.486. The number of carbonyl (C=O) groups excluding carboxylic acids is 2. The number of hydrogen-bond donors (Lipinski definition) is 4. The molecule has 2 heterocycles. The van der Waals surface area contributed by atoms with Gasteiger partial charge in [0.2, 0.25) is 11.8 Å². The molecule has 3 aromatic rings. The molecule has 0 saturated carbocycles. The van der Waals surface area contributed by atoms with E-state index in [1.54, 1.807) is 31.2 Å². The Morgan fingerprint density at radius 2 is 1.92 bits per heavy atom. The van der Waals surface area contributed by atoms with Crippen LogP contribution in [-0.4, -0.2) is 37.5 Å². The van der Waals surface area contributed by atoms with Crippen molar-refractivity contribution in [2.75, 3.05) is 22.1 Å². The van der Waals surface area contributed by atoms with E-state index in [-0.39, 0.29) is 17.6 Å². The van der Waals surface area contributed by atoms with E-state index in [1.165, 1.54) is 18.1 Å². The van der Waals surface area contributed by atoms with Gasteiger partial charge >= 0.3 is 0 Å². The smallest absolute Gasteiger partial charge is 0.234 e. The second kappa shape index (κ2) is 7.83. The fourth-order valence-corrected chi connectivity index (χ4v) is 2.81. The van der Waals surface area contributed by atoms with E-state index in [0.29, 0.717) is 39.9 Å². The number of benzene rings is 1. The fraction of sp³-hybridized carbons (Fsp3) is 0.188. The maximum absolute atomic E-state index is 12.1. The van der Waals surface area contributed by atoms with Gasteiger partial charge in [-0.25, -0.2) is 15.0 Å². The first kappa shape index (κ1) is 17.7. The van der Waals surface area contributed by atoms with Crippen molar-refractivity contribution < 1.29 is 9.59 Å². The molecule has 0 fully saturated rings. The van der Waals surface area contributed by atoms with Crippen molar-refractivity contribution >= 4 is 51.9 Å². The lowest BCUT2D eigenvalue weighted by Gasteiger charge is -2.08. The number of nitrogens with one attached hydrogen (secondary N) is 3. The summed E-state index contributed by atoms with van der Waals surface area (Å²) in [5.41, 5.74) is 7.99. The number of nitrogens with two attached hydrogens (primary N) is 1. The monoisotopic (exact) mass is 371 g/mol. The summed E-state index contributed by atoms with van der Waals surface area (Å²) >= 11 is 1.23. The van der Waals surface area contributed by atoms with Crippen molar-refractivity contribution in [2.24, 2.45) is 0 Å². The third-order valence-electron chi connectivity index (χ3n) is 3.39. The van der Waals surface area contributed by atoms with Crippen molar-refractivity contribution in [2.45, 2.75) is 18.5 Å². The molecule has 10 heteroatoms. The highest BCUT2D eigenvalue weighted by atomic mass is 32.2. The van der Waals surface area contributed by atoms with Crippen molar-refractivity contribution in [3.8, 4) is 0 Å². The molecule has 0 aliphatic carbocycles. The first-order valence-corrected chi connectivity index (χ1v) is 8.82. The van der Waals surface area contributed by atoms with Gasteiger partial charge in [-0.3, -0.25) is 9.59 Å². The van der Waals surface area contributed by atoms with Crippen molar-refractivity contribution in [1.82, 2.24) is 19.9 Å². The standard InChI is InChI=1S/C16H17N7O2S/c1-2-11(24)20-9-4-3-5-10(6-9)21-12(25)7-26-16-22-13-14(17)18-8-19-15(13)23-16/h3-6,8H,2,7H2,1H3,(H,20,24)(H,21,25)(H3,17,18,19,22,23). The molecule has 26 heavy (non-hydrogen) atoms. The number of anilines is 3. The Morgan fingerprint density at radius 3 is 2.62 bits per heavy atom. The molecule has 0 spiro atoms. The molecule has 0 bridgehead atoms. The zero-order chi connectivity index (χ0) is 18.5. The highest BCUT2D eigenvalue weighted by Crippen LogP contribution is 2.21. The van der Waals surface area contributed by atoms with Gasteiger partial charge in [-0.05, 0) is 18.2 Å². The number of hydrogen-bond acceptors (Lipinski definition) is 7. The molecule has 0 unspecified atom stereocenters. The number of nitrogens with zero attached hydrogens (tertiary/aromatic N) is 3. The van der Waals surface area contributed by atoms with Gasteiger partial charge in [0, 0.05) is 17.8 Å². The van der Waals surface area contributed by atoms with Gasteiger partial charge < -0.3 is 21.4 Å². The Morgan fingerprint density at radius 1 is 1.19 bits per heavy atom. The lowest BCUT2D eigenvalue weighted by molar-refractivity contribution is -0.116. The topological polar surface area (TPSA) is 139 Å². The molecule has 5 N–H and O–H groups in total. The maximum atomic E-state index is 12.1. The number of fused-ring (bicyclic) bond motifs is 1. The lowest BCUT2D eigenvalue weighted by atomic mass is 10.2. The molecule has 1 aromatic carbocycles. The number of imidazole rings is 1. The molecule has 0 atom stereocenters. The Labute approximate surface area is 153 Å². The largest absolute Gasteiger partial charge is 0.382 e. The lowest BCUT2D eigenvalue weighted by Crippen LogP contribution is -2.15. The van der Waals surface area contributed by atoms with Gasteiger partial charge in [0.1, 0.15) is 11.8 Å². The number of thioether (sulfide) groups is 1. The van der Waals surface area contributed by atoms with Gasteiger partial charge in [-0.2, -0.15) is 0 Å². The van der Waals surface area contributed by atoms with E-state index in [9.17, 15) is 9.59 Å². The summed E-state index contributed by atoms with van der Waals surface area (Å²) in [6.45, 7) is 1.77. The minimum atomic E-state index is -0.200. The van der Waals surface area contributed by atoms with E-state index < -0.39 is 0 Å². The number of rotatable bonds is 6. The van der Waals surface area contributed by atoms with Crippen LogP contribution in [0.25, 0.3) is 11.2 Å². The Kier molecular flexibility index (Phi) is 5.32. The summed E-state index contributed by atoms with van der Waals surface area (Å²) in [4.78, 5) is 38.7. The van der Waals surface area contributed by atoms with Crippen LogP contribution in [0.4, 0.5) is 17.2 Å². The normalized spacial score (nSPS) is 10.7. The van der Waals surface area contributed by atoms with E-state index in [2.05, 4.69) is 30.6 Å². The average molecular weight is 371 g/mol. The van der Waals surface area contributed by atoms with Gasteiger partial charge in [0.05, 0.1) is 5.75 Å². The summed E-state index contributed by atoms with van der Waals surface area (Å²) in [6, 6.07) is 6.97. The molecule has 0 aliphatic rings. The van der Waals surface area contributed by atoms with Crippen LogP contribution in [0.3, 0.4) is 0 Å². The summed E-state index contributed by atoms with van der Waals surface area (Å²) < 4.78 is 0. The van der Waals surface area contributed by atoms with Gasteiger partial charge in [-0.1, -0.05) is 24.8 Å². The molecule has 2 amide bonds. The number of amides is 2. The molecule has 9 nitrogen and oxygen atoms in total. The Balaban J connectivity index is 1.59.